The van der Waals surface area contributed by atoms with Gasteiger partial charge in [-0.2, -0.15) is 0 Å². The Labute approximate surface area is 119 Å². The first-order valence-electron chi connectivity index (χ1n) is 5.90. The van der Waals surface area contributed by atoms with E-state index in [1.165, 1.54) is 32.4 Å². The monoisotopic (exact) mass is 292 g/mol. The Hall–Kier alpha value is -2.90. The summed E-state index contributed by atoms with van der Waals surface area (Å²) < 4.78 is 5.07. The molecule has 0 spiro atoms. The Balaban J connectivity index is 2.37. The number of hydrogen-bond donors (Lipinski definition) is 1. The van der Waals surface area contributed by atoms with Crippen molar-refractivity contribution in [3.63, 3.8) is 0 Å². The van der Waals surface area contributed by atoms with Gasteiger partial charge in [0, 0.05) is 12.6 Å². The number of nitrogens with zero attached hydrogens (tertiary/aromatic N) is 2. The molecular formula is C13H12N2O6. The van der Waals surface area contributed by atoms with Crippen molar-refractivity contribution in [1.82, 2.24) is 9.80 Å². The highest BCUT2D eigenvalue weighted by Crippen LogP contribution is 2.24. The summed E-state index contributed by atoms with van der Waals surface area (Å²) >= 11 is 0. The van der Waals surface area contributed by atoms with Crippen molar-refractivity contribution in [2.75, 3.05) is 14.2 Å². The van der Waals surface area contributed by atoms with Crippen LogP contribution in [0.5, 0.6) is 5.75 Å². The number of likely N-dealkylation sites (N-methyl/N-ethyl adjacent to an activating group) is 1. The minimum Gasteiger partial charge on any atom is -0.496 e. The molecule has 0 aliphatic carbocycles. The van der Waals surface area contributed by atoms with E-state index in [2.05, 4.69) is 0 Å². The van der Waals surface area contributed by atoms with E-state index < -0.39 is 23.8 Å². The highest BCUT2D eigenvalue weighted by Gasteiger charge is 2.42. The van der Waals surface area contributed by atoms with Crippen molar-refractivity contribution in [2.45, 2.75) is 6.54 Å². The van der Waals surface area contributed by atoms with Crippen LogP contribution in [0.4, 0.5) is 4.79 Å². The summed E-state index contributed by atoms with van der Waals surface area (Å²) in [5, 5.41) is 8.97. The van der Waals surface area contributed by atoms with Crippen molar-refractivity contribution >= 4 is 23.8 Å². The molecule has 0 saturated carbocycles. The van der Waals surface area contributed by atoms with Gasteiger partial charge in [-0.15, -0.1) is 0 Å². The average Bonchev–Trinajstić information content (AvgIpc) is 2.65. The molecule has 1 aliphatic heterocycles. The molecule has 0 aromatic heterocycles. The van der Waals surface area contributed by atoms with Crippen LogP contribution in [0.25, 0.3) is 0 Å². The van der Waals surface area contributed by atoms with E-state index in [1.54, 1.807) is 0 Å². The van der Waals surface area contributed by atoms with Crippen LogP contribution in [-0.2, 0) is 16.1 Å². The molecule has 1 aromatic carbocycles. The molecule has 8 nitrogen and oxygen atoms in total. The smallest absolute Gasteiger partial charge is 0.335 e. The highest BCUT2D eigenvalue weighted by atomic mass is 16.5. The lowest BCUT2D eigenvalue weighted by atomic mass is 10.1. The molecule has 0 radical (unpaired) electrons. The zero-order chi connectivity index (χ0) is 15.7. The van der Waals surface area contributed by atoms with E-state index in [4.69, 9.17) is 9.84 Å². The maximum atomic E-state index is 11.8. The molecule has 4 amide bonds. The molecule has 1 N–H and O–H groups in total. The van der Waals surface area contributed by atoms with Crippen LogP contribution in [0.1, 0.15) is 15.9 Å². The van der Waals surface area contributed by atoms with Gasteiger partial charge in [0.2, 0.25) is 0 Å². The van der Waals surface area contributed by atoms with E-state index in [9.17, 15) is 19.2 Å². The fourth-order valence-electron chi connectivity index (χ4n) is 1.96. The normalized spacial score (nSPS) is 14.9. The van der Waals surface area contributed by atoms with Gasteiger partial charge in [0.25, 0.3) is 0 Å². The highest BCUT2D eigenvalue weighted by molar-refractivity contribution is 6.44. The third-order valence-corrected chi connectivity index (χ3v) is 3.11. The number of carboxylic acids is 1. The second kappa shape index (κ2) is 5.23. The molecule has 1 aliphatic rings. The maximum Gasteiger partial charge on any atom is 0.335 e. The molecule has 110 valence electrons. The predicted octanol–water partition coefficient (Wildman–Crippen LogP) is 0.314. The molecular weight excluding hydrogens is 280 g/mol. The number of ether oxygens (including phenoxy) is 1. The van der Waals surface area contributed by atoms with E-state index in [0.717, 1.165) is 4.90 Å². The molecule has 1 fully saturated rings. The number of carbonyl (C=O) groups excluding carboxylic acids is 3. The van der Waals surface area contributed by atoms with Gasteiger partial charge in [0.15, 0.2) is 0 Å². The number of methoxy groups -OCH3 is 1. The van der Waals surface area contributed by atoms with Gasteiger partial charge < -0.3 is 9.84 Å². The zero-order valence-electron chi connectivity index (χ0n) is 11.3. The third kappa shape index (κ3) is 2.42. The first-order valence-corrected chi connectivity index (χ1v) is 5.90. The summed E-state index contributed by atoms with van der Waals surface area (Å²) in [6, 6.07) is 3.31. The lowest BCUT2D eigenvalue weighted by molar-refractivity contribution is -0.143. The number of amides is 4. The third-order valence-electron chi connectivity index (χ3n) is 3.11. The average molecular weight is 292 g/mol. The van der Waals surface area contributed by atoms with Crippen LogP contribution in [0.3, 0.4) is 0 Å². The number of benzene rings is 1. The van der Waals surface area contributed by atoms with Gasteiger partial charge in [0.1, 0.15) is 5.75 Å². The molecule has 0 bridgehead atoms. The number of aromatic carboxylic acids is 1. The number of imide groups is 2. The topological polar surface area (TPSA) is 104 Å². The van der Waals surface area contributed by atoms with Crippen LogP contribution in [0.2, 0.25) is 0 Å². The quantitative estimate of drug-likeness (QED) is 0.633. The Kier molecular flexibility index (Phi) is 3.62. The molecule has 1 aromatic rings. The fourth-order valence-corrected chi connectivity index (χ4v) is 1.96. The predicted molar refractivity (Wildman–Crippen MR) is 68.7 cm³/mol. The van der Waals surface area contributed by atoms with Crippen molar-refractivity contribution in [3.05, 3.63) is 29.3 Å². The van der Waals surface area contributed by atoms with Gasteiger partial charge in [-0.05, 0) is 18.2 Å². The number of hydrogen-bond acceptors (Lipinski definition) is 5. The van der Waals surface area contributed by atoms with Gasteiger partial charge in [-0.25, -0.2) is 9.59 Å². The molecule has 1 saturated heterocycles. The standard InChI is InChI=1S/C13H12N2O6/c1-14-10(16)11(17)15(13(14)20)6-8-5-7(12(18)19)3-4-9(8)21-2/h3-5H,6H2,1-2H3,(H,18,19). The van der Waals surface area contributed by atoms with Gasteiger partial charge in [0.05, 0.1) is 19.2 Å². The van der Waals surface area contributed by atoms with Crippen LogP contribution in [0, 0.1) is 0 Å². The summed E-state index contributed by atoms with van der Waals surface area (Å²) in [7, 11) is 2.58. The summed E-state index contributed by atoms with van der Waals surface area (Å²) in [5.41, 5.74) is 0.312. The van der Waals surface area contributed by atoms with Crippen LogP contribution < -0.4 is 4.74 Å². The summed E-state index contributed by atoms with van der Waals surface area (Å²) in [5.74, 6) is -2.70. The lowest BCUT2D eigenvalue weighted by Gasteiger charge is -2.15. The lowest BCUT2D eigenvalue weighted by Crippen LogP contribution is -2.31. The van der Waals surface area contributed by atoms with Crippen molar-refractivity contribution in [1.29, 1.82) is 0 Å². The summed E-state index contributed by atoms with van der Waals surface area (Å²) in [4.78, 5) is 47.4. The van der Waals surface area contributed by atoms with Crippen LogP contribution in [-0.4, -0.2) is 52.9 Å². The maximum absolute atomic E-state index is 11.8. The largest absolute Gasteiger partial charge is 0.496 e. The van der Waals surface area contributed by atoms with Gasteiger partial charge >= 0.3 is 23.8 Å². The Morgan fingerprint density at radius 1 is 1.24 bits per heavy atom. The Morgan fingerprint density at radius 2 is 1.90 bits per heavy atom. The minimum atomic E-state index is -1.15. The molecule has 0 atom stereocenters. The summed E-state index contributed by atoms with van der Waals surface area (Å²) in [6.07, 6.45) is 0. The van der Waals surface area contributed by atoms with Crippen molar-refractivity contribution < 1.29 is 29.0 Å². The first kappa shape index (κ1) is 14.5. The number of carboxylic acid groups (broad SMARTS) is 1. The Morgan fingerprint density at radius 3 is 2.38 bits per heavy atom. The second-order valence-corrected chi connectivity index (χ2v) is 4.37. The number of rotatable bonds is 4. The number of urea groups is 1. The minimum absolute atomic E-state index is 0.00965. The zero-order valence-corrected chi connectivity index (χ0v) is 11.3. The van der Waals surface area contributed by atoms with E-state index in [0.29, 0.717) is 16.2 Å². The van der Waals surface area contributed by atoms with Crippen LogP contribution in [0.15, 0.2) is 18.2 Å². The fraction of sp³-hybridized carbons (Fsp3) is 0.231. The number of carbonyl (C=O) groups is 4. The van der Waals surface area contributed by atoms with Crippen molar-refractivity contribution in [3.8, 4) is 5.75 Å². The second-order valence-electron chi connectivity index (χ2n) is 4.37. The molecule has 21 heavy (non-hydrogen) atoms. The molecule has 8 heteroatoms. The molecule has 1 heterocycles. The van der Waals surface area contributed by atoms with E-state index in [-0.39, 0.29) is 12.1 Å². The van der Waals surface area contributed by atoms with Gasteiger partial charge in [-0.3, -0.25) is 19.4 Å². The Bertz CT molecular complexity index is 654. The first-order chi connectivity index (χ1) is 9.86. The van der Waals surface area contributed by atoms with Crippen LogP contribution >= 0.6 is 0 Å². The van der Waals surface area contributed by atoms with Gasteiger partial charge in [-0.1, -0.05) is 0 Å². The van der Waals surface area contributed by atoms with Crippen molar-refractivity contribution in [2.24, 2.45) is 0 Å². The SMILES string of the molecule is COc1ccc(C(=O)O)cc1CN1C(=O)C(=O)N(C)C1=O. The summed E-state index contributed by atoms with van der Waals surface area (Å²) in [6.45, 7) is -0.238. The van der Waals surface area contributed by atoms with E-state index >= 15 is 0 Å². The molecule has 0 unspecified atom stereocenters. The van der Waals surface area contributed by atoms with E-state index in [1.807, 2.05) is 0 Å². The molecule has 2 rings (SSSR count).